The first kappa shape index (κ1) is 15.2. The first-order valence-corrected chi connectivity index (χ1v) is 7.27. The van der Waals surface area contributed by atoms with Crippen molar-refractivity contribution >= 4 is 34.8 Å². The minimum Gasteiger partial charge on any atom is -0.321 e. The molecule has 8 heteroatoms. The van der Waals surface area contributed by atoms with Gasteiger partial charge in [0.25, 0.3) is 5.91 Å². The molecule has 2 aromatic carbocycles. The van der Waals surface area contributed by atoms with Crippen molar-refractivity contribution in [1.82, 2.24) is 21.9 Å². The van der Waals surface area contributed by atoms with Crippen LogP contribution < -0.4 is 27.2 Å². The van der Waals surface area contributed by atoms with Crippen LogP contribution in [0.15, 0.2) is 42.5 Å². The average Bonchev–Trinajstić information content (AvgIpc) is 3.06. The monoisotopic (exact) mass is 337 g/mol. The number of hydrogen-bond donors (Lipinski definition) is 5. The van der Waals surface area contributed by atoms with E-state index < -0.39 is 0 Å². The van der Waals surface area contributed by atoms with Crippen molar-refractivity contribution in [2.24, 2.45) is 0 Å². The maximum Gasteiger partial charge on any atom is 0.255 e. The Balaban J connectivity index is 1.73. The Morgan fingerprint density at radius 2 is 1.68 bits per heavy atom. The van der Waals surface area contributed by atoms with Crippen LogP contribution in [0.5, 0.6) is 0 Å². The summed E-state index contributed by atoms with van der Waals surface area (Å²) in [6, 6.07) is 12.3. The lowest BCUT2D eigenvalue weighted by Crippen LogP contribution is -2.33. The maximum atomic E-state index is 12.2. The second-order valence-electron chi connectivity index (χ2n) is 4.65. The van der Waals surface area contributed by atoms with E-state index in [1.807, 2.05) is 12.1 Å². The molecule has 0 spiro atoms. The summed E-state index contributed by atoms with van der Waals surface area (Å²) >= 11 is 12.0. The van der Waals surface area contributed by atoms with Crippen molar-refractivity contribution < 1.29 is 4.79 Å². The predicted octanol–water partition coefficient (Wildman–Crippen LogP) is 2.36. The van der Waals surface area contributed by atoms with Crippen LogP contribution in [0, 0.1) is 0 Å². The largest absolute Gasteiger partial charge is 0.321 e. The highest BCUT2D eigenvalue weighted by molar-refractivity contribution is 6.44. The van der Waals surface area contributed by atoms with Crippen molar-refractivity contribution in [3.8, 4) is 0 Å². The number of amides is 1. The average molecular weight is 338 g/mol. The van der Waals surface area contributed by atoms with Crippen molar-refractivity contribution in [2.45, 2.75) is 6.17 Å². The van der Waals surface area contributed by atoms with Gasteiger partial charge in [0.2, 0.25) is 0 Å². The van der Waals surface area contributed by atoms with Crippen molar-refractivity contribution in [3.63, 3.8) is 0 Å². The maximum absolute atomic E-state index is 12.2. The molecule has 5 N–H and O–H groups in total. The molecular weight excluding hydrogens is 325 g/mol. The van der Waals surface area contributed by atoms with E-state index >= 15 is 0 Å². The molecule has 6 nitrogen and oxygen atoms in total. The van der Waals surface area contributed by atoms with Gasteiger partial charge in [-0.1, -0.05) is 41.4 Å². The van der Waals surface area contributed by atoms with Gasteiger partial charge in [0.15, 0.2) is 0 Å². The summed E-state index contributed by atoms with van der Waals surface area (Å²) in [4.78, 5) is 12.2. The molecule has 0 aromatic heterocycles. The molecule has 114 valence electrons. The second-order valence-corrected chi connectivity index (χ2v) is 5.43. The van der Waals surface area contributed by atoms with E-state index in [9.17, 15) is 4.79 Å². The lowest BCUT2D eigenvalue weighted by molar-refractivity contribution is 0.102. The van der Waals surface area contributed by atoms with Gasteiger partial charge in [-0.3, -0.25) is 4.79 Å². The third kappa shape index (κ3) is 3.22. The lowest BCUT2D eigenvalue weighted by atomic mass is 10.1. The van der Waals surface area contributed by atoms with E-state index in [1.54, 1.807) is 30.3 Å². The van der Waals surface area contributed by atoms with Crippen molar-refractivity contribution in [2.75, 3.05) is 5.32 Å². The molecule has 1 aliphatic rings. The normalized spacial score (nSPS) is 15.0. The number of carbonyl (C=O) groups excluding carboxylic acids is 1. The molecule has 22 heavy (non-hydrogen) atoms. The number of carbonyl (C=O) groups is 1. The van der Waals surface area contributed by atoms with Gasteiger partial charge in [0, 0.05) is 5.56 Å². The zero-order chi connectivity index (χ0) is 15.5. The highest BCUT2D eigenvalue weighted by Gasteiger charge is 2.15. The fourth-order valence-corrected chi connectivity index (χ4v) is 2.39. The summed E-state index contributed by atoms with van der Waals surface area (Å²) in [6.45, 7) is 0. The van der Waals surface area contributed by atoms with Gasteiger partial charge in [-0.25, -0.2) is 10.9 Å². The molecule has 0 bridgehead atoms. The number of nitrogens with one attached hydrogen (secondary N) is 5. The van der Waals surface area contributed by atoms with E-state index in [2.05, 4.69) is 27.2 Å². The SMILES string of the molecule is O=C(Nc1cccc(Cl)c1Cl)c1ccc(C2NNNN2)cc1. The molecule has 1 heterocycles. The van der Waals surface area contributed by atoms with Gasteiger partial charge in [-0.2, -0.15) is 11.1 Å². The summed E-state index contributed by atoms with van der Waals surface area (Å²) in [7, 11) is 0. The summed E-state index contributed by atoms with van der Waals surface area (Å²) in [5.41, 5.74) is 13.4. The standard InChI is InChI=1S/C14H13Cl2N5O/c15-10-2-1-3-11(12(10)16)17-14(22)9-6-4-8(5-7-9)13-18-20-21-19-13/h1-7,13,18-21H,(H,17,22). The fraction of sp³-hybridized carbons (Fsp3) is 0.0714. The number of hydrazine groups is 3. The summed E-state index contributed by atoms with van der Waals surface area (Å²) in [5.74, 6) is -0.251. The Bertz CT molecular complexity index is 686. The van der Waals surface area contributed by atoms with E-state index in [1.165, 1.54) is 0 Å². The first-order valence-electron chi connectivity index (χ1n) is 6.51. The Morgan fingerprint density at radius 3 is 2.36 bits per heavy atom. The molecular formula is C14H13Cl2N5O. The van der Waals surface area contributed by atoms with Gasteiger partial charge < -0.3 is 5.32 Å². The molecule has 0 aliphatic carbocycles. The Hall–Kier alpha value is -1.67. The Kier molecular flexibility index (Phi) is 4.58. The van der Waals surface area contributed by atoms with Gasteiger partial charge >= 0.3 is 0 Å². The zero-order valence-electron chi connectivity index (χ0n) is 11.3. The number of halogens is 2. The zero-order valence-corrected chi connectivity index (χ0v) is 12.8. The molecule has 3 rings (SSSR count). The van der Waals surface area contributed by atoms with Crippen molar-refractivity contribution in [1.29, 1.82) is 0 Å². The highest BCUT2D eigenvalue weighted by Crippen LogP contribution is 2.29. The predicted molar refractivity (Wildman–Crippen MR) is 86.1 cm³/mol. The first-order chi connectivity index (χ1) is 10.6. The molecule has 0 unspecified atom stereocenters. The number of anilines is 1. The van der Waals surface area contributed by atoms with Crippen LogP contribution in [0.4, 0.5) is 5.69 Å². The van der Waals surface area contributed by atoms with Gasteiger partial charge in [-0.05, 0) is 29.8 Å². The quantitative estimate of drug-likeness (QED) is 0.594. The Labute approximate surface area is 137 Å². The molecule has 0 saturated carbocycles. The van der Waals surface area contributed by atoms with Crippen molar-refractivity contribution in [3.05, 3.63) is 63.6 Å². The molecule has 1 saturated heterocycles. The van der Waals surface area contributed by atoms with Crippen LogP contribution in [0.1, 0.15) is 22.1 Å². The van der Waals surface area contributed by atoms with Crippen LogP contribution in [0.3, 0.4) is 0 Å². The van der Waals surface area contributed by atoms with Gasteiger partial charge in [0.05, 0.1) is 15.7 Å². The van der Waals surface area contributed by atoms with E-state index in [-0.39, 0.29) is 12.1 Å². The fourth-order valence-electron chi connectivity index (χ4n) is 2.04. The molecule has 0 atom stereocenters. The molecule has 1 amide bonds. The molecule has 2 aromatic rings. The molecule has 1 fully saturated rings. The van der Waals surface area contributed by atoms with Crippen LogP contribution in [0.2, 0.25) is 10.0 Å². The highest BCUT2D eigenvalue weighted by atomic mass is 35.5. The third-order valence-corrected chi connectivity index (χ3v) is 4.02. The third-order valence-electron chi connectivity index (χ3n) is 3.20. The molecule has 0 radical (unpaired) electrons. The topological polar surface area (TPSA) is 77.2 Å². The lowest BCUT2D eigenvalue weighted by Gasteiger charge is -2.11. The number of rotatable bonds is 3. The van der Waals surface area contributed by atoms with Crippen LogP contribution in [-0.2, 0) is 0 Å². The number of benzene rings is 2. The summed E-state index contributed by atoms with van der Waals surface area (Å²) < 4.78 is 0. The van der Waals surface area contributed by atoms with E-state index in [0.29, 0.717) is 21.3 Å². The van der Waals surface area contributed by atoms with Crippen LogP contribution in [0.25, 0.3) is 0 Å². The number of hydrogen-bond acceptors (Lipinski definition) is 5. The minimum atomic E-state index is -0.251. The van der Waals surface area contributed by atoms with Crippen LogP contribution >= 0.6 is 23.2 Å². The van der Waals surface area contributed by atoms with Gasteiger partial charge in [-0.15, -0.1) is 0 Å². The van der Waals surface area contributed by atoms with Crippen LogP contribution in [-0.4, -0.2) is 5.91 Å². The minimum absolute atomic E-state index is 0.0699. The summed E-state index contributed by atoms with van der Waals surface area (Å²) in [5, 5.41) is 3.47. The second kappa shape index (κ2) is 6.62. The molecule has 1 aliphatic heterocycles. The van der Waals surface area contributed by atoms with Gasteiger partial charge in [0.1, 0.15) is 6.17 Å². The van der Waals surface area contributed by atoms with E-state index in [4.69, 9.17) is 23.2 Å². The summed E-state index contributed by atoms with van der Waals surface area (Å²) in [6.07, 6.45) is -0.0699. The Morgan fingerprint density at radius 1 is 1.00 bits per heavy atom. The van der Waals surface area contributed by atoms with E-state index in [0.717, 1.165) is 5.56 Å². The smallest absolute Gasteiger partial charge is 0.255 e.